The fraction of sp³-hybridized carbons (Fsp3) is 0.345. The first-order valence-electron chi connectivity index (χ1n) is 12.9. The fourth-order valence-electron chi connectivity index (χ4n) is 6.55. The molecule has 2 unspecified atom stereocenters. The summed E-state index contributed by atoms with van der Waals surface area (Å²) in [7, 11) is 1.88. The first-order chi connectivity index (χ1) is 18.5. The van der Waals surface area contributed by atoms with Crippen molar-refractivity contribution in [2.24, 2.45) is 18.9 Å². The molecule has 4 aromatic rings. The number of pyridine rings is 2. The van der Waals surface area contributed by atoms with Crippen LogP contribution < -0.4 is 10.2 Å². The van der Waals surface area contributed by atoms with E-state index in [0.717, 1.165) is 65.9 Å². The lowest BCUT2D eigenvalue weighted by Gasteiger charge is -2.48. The zero-order valence-corrected chi connectivity index (χ0v) is 21.4. The Morgan fingerprint density at radius 2 is 1.92 bits per heavy atom. The molecule has 9 heteroatoms. The van der Waals surface area contributed by atoms with Gasteiger partial charge in [-0.2, -0.15) is 15.5 Å². The summed E-state index contributed by atoms with van der Waals surface area (Å²) >= 11 is 0. The Labute approximate surface area is 221 Å². The second-order valence-corrected chi connectivity index (χ2v) is 10.3. The number of aromatic nitrogens is 5. The topological polar surface area (TPSA) is 104 Å². The van der Waals surface area contributed by atoms with Gasteiger partial charge in [0.05, 0.1) is 23.5 Å². The Morgan fingerprint density at radius 3 is 2.53 bits per heavy atom. The van der Waals surface area contributed by atoms with E-state index in [9.17, 15) is 10.1 Å². The summed E-state index contributed by atoms with van der Waals surface area (Å²) in [6.07, 6.45) is 17.5. The maximum Gasteiger partial charge on any atom is 0.296 e. The number of nitriles is 1. The Hall–Kier alpha value is -4.63. The normalized spacial score (nSPS) is 22.3. The van der Waals surface area contributed by atoms with Gasteiger partial charge in [-0.15, -0.1) is 6.42 Å². The summed E-state index contributed by atoms with van der Waals surface area (Å²) in [6.45, 7) is 3.78. The number of carbonyl (C=O) groups is 1. The predicted octanol–water partition coefficient (Wildman–Crippen LogP) is 3.41. The standard InChI is InChI=1S/C29H28N8O/c1-4-27(38)34-29(5-2)23-7-8-24(29)18-36(17-23)26-9-6-19(12-31-26)25-10-20(22-14-32-35(3)15-22)16-37-28(25)21(11-30)13-33-37/h1,6,9-10,12-16,23-24H,5,7-8,17-18H2,2-3H3,(H,34,38). The average Bonchev–Trinajstić information content (AvgIpc) is 3.60. The van der Waals surface area contributed by atoms with E-state index < -0.39 is 0 Å². The van der Waals surface area contributed by atoms with Crippen molar-refractivity contribution in [2.45, 2.75) is 31.7 Å². The molecule has 1 N–H and O–H groups in total. The Kier molecular flexibility index (Phi) is 5.65. The summed E-state index contributed by atoms with van der Waals surface area (Å²) in [5.74, 6) is 3.47. The maximum absolute atomic E-state index is 12.1. The number of rotatable bonds is 5. The minimum atomic E-state index is -0.323. The lowest BCUT2D eigenvalue weighted by atomic mass is 9.75. The average molecular weight is 505 g/mol. The number of amides is 1. The van der Waals surface area contributed by atoms with E-state index in [1.807, 2.05) is 37.9 Å². The van der Waals surface area contributed by atoms with Crippen molar-refractivity contribution in [3.05, 3.63) is 54.7 Å². The van der Waals surface area contributed by atoms with Crippen LogP contribution in [0.2, 0.25) is 0 Å². The van der Waals surface area contributed by atoms with Gasteiger partial charge in [-0.1, -0.05) is 6.92 Å². The molecule has 190 valence electrons. The second kappa shape index (κ2) is 9.04. The van der Waals surface area contributed by atoms with Gasteiger partial charge in [0.1, 0.15) is 11.9 Å². The number of hydrogen-bond donors (Lipinski definition) is 1. The number of nitrogens with one attached hydrogen (secondary N) is 1. The molecule has 2 fully saturated rings. The molecule has 0 spiro atoms. The lowest BCUT2D eigenvalue weighted by Crippen LogP contribution is -2.62. The zero-order valence-electron chi connectivity index (χ0n) is 21.4. The van der Waals surface area contributed by atoms with Crippen molar-refractivity contribution in [1.29, 1.82) is 5.26 Å². The number of hydrogen-bond acceptors (Lipinski definition) is 6. The van der Waals surface area contributed by atoms with Crippen LogP contribution in [0.15, 0.2) is 49.2 Å². The van der Waals surface area contributed by atoms with Crippen molar-refractivity contribution >= 4 is 17.2 Å². The van der Waals surface area contributed by atoms with Crippen LogP contribution in [0, 0.1) is 35.5 Å². The molecule has 1 saturated heterocycles. The SMILES string of the molecule is C#CC(=O)NC1(CC)C2CCC1CN(c1ccc(-c3cc(-c4cnn(C)c4)cn4ncc(C#N)c34)cn1)C2. The van der Waals surface area contributed by atoms with Crippen molar-refractivity contribution in [3.8, 4) is 40.7 Å². The number of terminal acetylenes is 1. The highest BCUT2D eigenvalue weighted by molar-refractivity contribution is 5.93. The third-order valence-corrected chi connectivity index (χ3v) is 8.42. The highest BCUT2D eigenvalue weighted by Crippen LogP contribution is 2.47. The van der Waals surface area contributed by atoms with Crippen molar-refractivity contribution < 1.29 is 4.79 Å². The Bertz CT molecular complexity index is 1600. The zero-order chi connectivity index (χ0) is 26.4. The number of nitrogens with zero attached hydrogens (tertiary/aromatic N) is 7. The molecule has 4 aromatic heterocycles. The molecule has 2 atom stereocenters. The Morgan fingerprint density at radius 1 is 1.13 bits per heavy atom. The molecule has 0 aromatic carbocycles. The van der Waals surface area contributed by atoms with Gasteiger partial charge in [0.25, 0.3) is 5.91 Å². The van der Waals surface area contributed by atoms with E-state index in [-0.39, 0.29) is 11.4 Å². The van der Waals surface area contributed by atoms with Crippen LogP contribution in [0.4, 0.5) is 5.82 Å². The molecular formula is C29H28N8O. The Balaban J connectivity index is 1.33. The van der Waals surface area contributed by atoms with Crippen LogP contribution in [-0.4, -0.2) is 48.9 Å². The van der Waals surface area contributed by atoms with Crippen LogP contribution >= 0.6 is 0 Å². The van der Waals surface area contributed by atoms with Gasteiger partial charge in [0, 0.05) is 66.5 Å². The van der Waals surface area contributed by atoms with E-state index in [1.165, 1.54) is 0 Å². The third kappa shape index (κ3) is 3.71. The number of carbonyl (C=O) groups excluding carboxylic acids is 1. The van der Waals surface area contributed by atoms with Gasteiger partial charge in [-0.05, 0) is 55.2 Å². The van der Waals surface area contributed by atoms with Gasteiger partial charge in [0.15, 0.2) is 0 Å². The molecule has 9 nitrogen and oxygen atoms in total. The minimum absolute atomic E-state index is 0.242. The van der Waals surface area contributed by atoms with E-state index in [1.54, 1.807) is 15.4 Å². The molecule has 0 radical (unpaired) electrons. The van der Waals surface area contributed by atoms with Crippen LogP contribution in [0.25, 0.3) is 27.8 Å². The van der Waals surface area contributed by atoms with Gasteiger partial charge >= 0.3 is 0 Å². The molecule has 2 bridgehead atoms. The quantitative estimate of drug-likeness (QED) is 0.418. The van der Waals surface area contributed by atoms with Gasteiger partial charge < -0.3 is 10.2 Å². The van der Waals surface area contributed by atoms with Crippen LogP contribution in [0.1, 0.15) is 31.7 Å². The van der Waals surface area contributed by atoms with E-state index in [0.29, 0.717) is 17.4 Å². The van der Waals surface area contributed by atoms with Crippen molar-refractivity contribution in [2.75, 3.05) is 18.0 Å². The number of anilines is 1. The van der Waals surface area contributed by atoms with Crippen LogP contribution in [0.5, 0.6) is 0 Å². The van der Waals surface area contributed by atoms with Crippen LogP contribution in [-0.2, 0) is 11.8 Å². The summed E-state index contributed by atoms with van der Waals surface area (Å²) < 4.78 is 3.51. The molecular weight excluding hydrogens is 476 g/mol. The summed E-state index contributed by atoms with van der Waals surface area (Å²) in [5, 5.41) is 21.6. The molecule has 38 heavy (non-hydrogen) atoms. The van der Waals surface area contributed by atoms with Gasteiger partial charge in [-0.3, -0.25) is 9.48 Å². The van der Waals surface area contributed by atoms with E-state index in [4.69, 9.17) is 11.4 Å². The third-order valence-electron chi connectivity index (χ3n) is 8.42. The van der Waals surface area contributed by atoms with Crippen molar-refractivity contribution in [3.63, 3.8) is 0 Å². The predicted molar refractivity (Wildman–Crippen MR) is 144 cm³/mol. The first-order valence-corrected chi connectivity index (χ1v) is 12.9. The monoisotopic (exact) mass is 504 g/mol. The van der Waals surface area contributed by atoms with E-state index in [2.05, 4.69) is 51.5 Å². The minimum Gasteiger partial charge on any atom is -0.356 e. The molecule has 5 heterocycles. The second-order valence-electron chi connectivity index (χ2n) is 10.3. The van der Waals surface area contributed by atoms with Gasteiger partial charge in [-0.25, -0.2) is 9.50 Å². The molecule has 1 aliphatic carbocycles. The maximum atomic E-state index is 12.1. The van der Waals surface area contributed by atoms with Gasteiger partial charge in [0.2, 0.25) is 0 Å². The fourth-order valence-corrected chi connectivity index (χ4v) is 6.55. The molecule has 2 aliphatic rings. The highest BCUT2D eigenvalue weighted by atomic mass is 16.1. The smallest absolute Gasteiger partial charge is 0.296 e. The summed E-state index contributed by atoms with van der Waals surface area (Å²) in [5.41, 5.74) is 4.74. The summed E-state index contributed by atoms with van der Waals surface area (Å²) in [4.78, 5) is 19.3. The number of piperidine rings is 1. The molecule has 6 rings (SSSR count). The first kappa shape index (κ1) is 23.7. The molecule has 1 aliphatic heterocycles. The number of aryl methyl sites for hydroxylation is 1. The van der Waals surface area contributed by atoms with Crippen molar-refractivity contribution in [1.82, 2.24) is 29.7 Å². The molecule has 1 amide bonds. The summed E-state index contributed by atoms with van der Waals surface area (Å²) in [6, 6.07) is 8.43. The molecule has 1 saturated carbocycles. The largest absolute Gasteiger partial charge is 0.356 e. The van der Waals surface area contributed by atoms with E-state index >= 15 is 0 Å². The lowest BCUT2D eigenvalue weighted by molar-refractivity contribution is -0.118. The van der Waals surface area contributed by atoms with Crippen LogP contribution in [0.3, 0.4) is 0 Å². The highest BCUT2D eigenvalue weighted by Gasteiger charge is 2.53. The number of fused-ring (bicyclic) bond motifs is 3.